The van der Waals surface area contributed by atoms with Gasteiger partial charge in [-0.05, 0) is 24.8 Å². The summed E-state index contributed by atoms with van der Waals surface area (Å²) in [5, 5.41) is 1.16. The molecule has 2 atom stereocenters. The summed E-state index contributed by atoms with van der Waals surface area (Å²) in [6, 6.07) is 0. The fourth-order valence-corrected chi connectivity index (χ4v) is 2.73. The van der Waals surface area contributed by atoms with Gasteiger partial charge in [0.2, 0.25) is 0 Å². The molecule has 1 fully saturated rings. The zero-order valence-electron chi connectivity index (χ0n) is 8.93. The summed E-state index contributed by atoms with van der Waals surface area (Å²) in [7, 11) is 0. The van der Waals surface area contributed by atoms with Gasteiger partial charge in [0.25, 0.3) is 0 Å². The van der Waals surface area contributed by atoms with E-state index in [1.54, 1.807) is 0 Å². The van der Waals surface area contributed by atoms with E-state index in [1.807, 2.05) is 0 Å². The van der Waals surface area contributed by atoms with E-state index >= 15 is 0 Å². The molecule has 0 aromatic rings. The number of hydrogen-bond donors (Lipinski definition) is 0. The highest BCUT2D eigenvalue weighted by molar-refractivity contribution is 9.09. The van der Waals surface area contributed by atoms with Gasteiger partial charge in [-0.15, -0.1) is 0 Å². The van der Waals surface area contributed by atoms with Crippen LogP contribution in [0.15, 0.2) is 0 Å². The molecule has 0 aromatic carbocycles. The Balaban J connectivity index is 2.22. The lowest BCUT2D eigenvalue weighted by atomic mass is 10.1. The minimum Gasteiger partial charge on any atom is -0.303 e. The van der Waals surface area contributed by atoms with Crippen molar-refractivity contribution in [3.8, 4) is 0 Å². The van der Waals surface area contributed by atoms with Crippen LogP contribution in [0.2, 0.25) is 0 Å². The van der Waals surface area contributed by atoms with Gasteiger partial charge in [0.1, 0.15) is 0 Å². The smallest absolute Gasteiger partial charge is 0.00717 e. The molecule has 1 nitrogen and oxygen atoms in total. The molecule has 0 amide bonds. The Morgan fingerprint density at radius 3 is 2.69 bits per heavy atom. The minimum atomic E-state index is 0.857. The van der Waals surface area contributed by atoms with Crippen LogP contribution in [0, 0.1) is 11.8 Å². The van der Waals surface area contributed by atoms with Crippen LogP contribution >= 0.6 is 15.9 Å². The van der Waals surface area contributed by atoms with Gasteiger partial charge in [0.15, 0.2) is 0 Å². The summed E-state index contributed by atoms with van der Waals surface area (Å²) in [6.07, 6.45) is 4.09. The molecule has 2 heteroatoms. The summed E-state index contributed by atoms with van der Waals surface area (Å²) in [5.41, 5.74) is 0. The monoisotopic (exact) mass is 247 g/mol. The van der Waals surface area contributed by atoms with Crippen molar-refractivity contribution >= 4 is 15.9 Å². The Hall–Kier alpha value is 0.440. The topological polar surface area (TPSA) is 3.24 Å². The van der Waals surface area contributed by atoms with Gasteiger partial charge in [0, 0.05) is 18.4 Å². The molecule has 1 aliphatic heterocycles. The first kappa shape index (κ1) is 11.5. The van der Waals surface area contributed by atoms with Crippen molar-refractivity contribution in [3.63, 3.8) is 0 Å². The van der Waals surface area contributed by atoms with Crippen LogP contribution in [-0.2, 0) is 0 Å². The Labute approximate surface area is 91.0 Å². The van der Waals surface area contributed by atoms with Crippen LogP contribution < -0.4 is 0 Å². The van der Waals surface area contributed by atoms with Gasteiger partial charge < -0.3 is 4.90 Å². The molecule has 0 spiro atoms. The average molecular weight is 248 g/mol. The van der Waals surface area contributed by atoms with E-state index in [-0.39, 0.29) is 0 Å². The maximum atomic E-state index is 3.59. The third-order valence-electron chi connectivity index (χ3n) is 3.26. The van der Waals surface area contributed by atoms with Crippen molar-refractivity contribution in [2.24, 2.45) is 11.8 Å². The molecule has 1 saturated heterocycles. The minimum absolute atomic E-state index is 0.857. The Morgan fingerprint density at radius 2 is 2.23 bits per heavy atom. The van der Waals surface area contributed by atoms with E-state index < -0.39 is 0 Å². The van der Waals surface area contributed by atoms with Crippen molar-refractivity contribution in [2.45, 2.75) is 33.1 Å². The zero-order valence-corrected chi connectivity index (χ0v) is 10.5. The Kier molecular flexibility index (Phi) is 5.34. The highest BCUT2D eigenvalue weighted by Gasteiger charge is 2.22. The van der Waals surface area contributed by atoms with Gasteiger partial charge >= 0.3 is 0 Å². The van der Waals surface area contributed by atoms with Crippen LogP contribution in [0.25, 0.3) is 0 Å². The first-order chi connectivity index (χ1) is 6.30. The summed E-state index contributed by atoms with van der Waals surface area (Å²) in [6.45, 7) is 8.59. The van der Waals surface area contributed by atoms with Crippen molar-refractivity contribution < 1.29 is 0 Å². The van der Waals surface area contributed by atoms with Gasteiger partial charge in [-0.1, -0.05) is 42.6 Å². The van der Waals surface area contributed by atoms with Gasteiger partial charge in [-0.2, -0.15) is 0 Å². The second-order valence-corrected chi connectivity index (χ2v) is 4.90. The lowest BCUT2D eigenvalue weighted by Crippen LogP contribution is -2.28. The third-order valence-corrected chi connectivity index (χ3v) is 4.17. The maximum absolute atomic E-state index is 3.59. The largest absolute Gasteiger partial charge is 0.303 e. The molecule has 0 N–H and O–H groups in total. The molecular weight excluding hydrogens is 226 g/mol. The van der Waals surface area contributed by atoms with Crippen molar-refractivity contribution in [1.82, 2.24) is 4.90 Å². The van der Waals surface area contributed by atoms with E-state index in [0.717, 1.165) is 17.2 Å². The van der Waals surface area contributed by atoms with E-state index in [1.165, 1.54) is 38.9 Å². The molecule has 0 aliphatic carbocycles. The van der Waals surface area contributed by atoms with Crippen LogP contribution in [0.4, 0.5) is 0 Å². The fraction of sp³-hybridized carbons (Fsp3) is 1.00. The quantitative estimate of drug-likeness (QED) is 0.675. The molecule has 2 unspecified atom stereocenters. The third kappa shape index (κ3) is 3.59. The molecule has 0 bridgehead atoms. The van der Waals surface area contributed by atoms with Crippen molar-refractivity contribution in [1.29, 1.82) is 0 Å². The molecule has 1 rings (SSSR count). The van der Waals surface area contributed by atoms with E-state index in [9.17, 15) is 0 Å². The first-order valence-electron chi connectivity index (χ1n) is 5.58. The lowest BCUT2D eigenvalue weighted by molar-refractivity contribution is 0.276. The van der Waals surface area contributed by atoms with Gasteiger partial charge in [-0.3, -0.25) is 0 Å². The van der Waals surface area contributed by atoms with Gasteiger partial charge in [0.05, 0.1) is 0 Å². The average Bonchev–Trinajstić information content (AvgIpc) is 2.61. The molecule has 0 radical (unpaired) electrons. The molecule has 1 heterocycles. The molecular formula is C11H22BrN. The predicted octanol–water partition coefficient (Wildman–Crippen LogP) is 3.14. The normalized spacial score (nSPS) is 26.5. The predicted molar refractivity (Wildman–Crippen MR) is 62.4 cm³/mol. The summed E-state index contributed by atoms with van der Waals surface area (Å²) >= 11 is 3.59. The molecule has 0 aromatic heterocycles. The van der Waals surface area contributed by atoms with Crippen molar-refractivity contribution in [3.05, 3.63) is 0 Å². The maximum Gasteiger partial charge on any atom is 0.00717 e. The van der Waals surface area contributed by atoms with E-state index in [4.69, 9.17) is 0 Å². The molecule has 78 valence electrons. The SMILES string of the molecule is CCC(CBr)CN1CCC(CC)C1. The van der Waals surface area contributed by atoms with Crippen LogP contribution in [0.1, 0.15) is 33.1 Å². The number of likely N-dealkylation sites (tertiary alicyclic amines) is 1. The standard InChI is InChI=1S/C11H22BrN/c1-3-10-5-6-13(8-10)9-11(4-2)7-12/h10-11H,3-9H2,1-2H3. The van der Waals surface area contributed by atoms with Crippen LogP contribution in [-0.4, -0.2) is 29.9 Å². The van der Waals surface area contributed by atoms with Gasteiger partial charge in [-0.25, -0.2) is 0 Å². The second kappa shape index (κ2) is 6.02. The summed E-state index contributed by atoms with van der Waals surface area (Å²) < 4.78 is 0. The highest BCUT2D eigenvalue weighted by atomic mass is 79.9. The van der Waals surface area contributed by atoms with Crippen molar-refractivity contribution in [2.75, 3.05) is 25.0 Å². The molecule has 0 saturated carbocycles. The second-order valence-electron chi connectivity index (χ2n) is 4.25. The lowest BCUT2D eigenvalue weighted by Gasteiger charge is -2.21. The number of alkyl halides is 1. The Bertz CT molecular complexity index is 134. The molecule has 13 heavy (non-hydrogen) atoms. The van der Waals surface area contributed by atoms with Crippen LogP contribution in [0.3, 0.4) is 0 Å². The van der Waals surface area contributed by atoms with E-state index in [0.29, 0.717) is 0 Å². The Morgan fingerprint density at radius 1 is 1.46 bits per heavy atom. The van der Waals surface area contributed by atoms with Crippen LogP contribution in [0.5, 0.6) is 0 Å². The fourth-order valence-electron chi connectivity index (χ4n) is 2.06. The highest BCUT2D eigenvalue weighted by Crippen LogP contribution is 2.21. The summed E-state index contributed by atoms with van der Waals surface area (Å²) in [5.74, 6) is 1.84. The molecule has 1 aliphatic rings. The number of halogens is 1. The van der Waals surface area contributed by atoms with E-state index in [2.05, 4.69) is 34.7 Å². The zero-order chi connectivity index (χ0) is 9.68. The number of hydrogen-bond acceptors (Lipinski definition) is 1. The number of nitrogens with zero attached hydrogens (tertiary/aromatic N) is 1. The number of rotatable bonds is 5. The summed E-state index contributed by atoms with van der Waals surface area (Å²) in [4.78, 5) is 2.64. The first-order valence-corrected chi connectivity index (χ1v) is 6.70.